The van der Waals surface area contributed by atoms with Crippen LogP contribution in [-0.2, 0) is 15.7 Å². The Labute approximate surface area is 85.4 Å². The quantitative estimate of drug-likeness (QED) is 0.649. The Morgan fingerprint density at radius 3 is 2.54 bits per heavy atom. The Kier molecular flexibility index (Phi) is 3.44. The average molecular weight is 263 g/mol. The van der Waals surface area contributed by atoms with Crippen LogP contribution in [-0.4, -0.2) is 14.8 Å². The molecule has 6 heteroatoms. The van der Waals surface area contributed by atoms with Crippen molar-refractivity contribution in [3.8, 4) is 0 Å². The lowest BCUT2D eigenvalue weighted by atomic mass is 10.3. The fraction of sp³-hybridized carbons (Fsp3) is 0. The van der Waals surface area contributed by atoms with E-state index in [-0.39, 0.29) is 5.69 Å². The van der Waals surface area contributed by atoms with Gasteiger partial charge in [-0.15, -0.1) is 0 Å². The molecule has 0 aliphatic carbocycles. The summed E-state index contributed by atoms with van der Waals surface area (Å²) in [6.45, 7) is 0. The summed E-state index contributed by atoms with van der Waals surface area (Å²) in [4.78, 5) is 10.3. The van der Waals surface area contributed by atoms with Crippen molar-refractivity contribution in [1.29, 1.82) is 0 Å². The Morgan fingerprint density at radius 2 is 2.08 bits per heavy atom. The molecule has 0 heterocycles. The number of hydrogen-bond acceptors (Lipinski definition) is 3. The molecule has 0 fully saturated rings. The topological polar surface area (TPSA) is 54.5 Å². The van der Waals surface area contributed by atoms with Crippen LogP contribution in [0.15, 0.2) is 28.7 Å². The van der Waals surface area contributed by atoms with E-state index in [0.29, 0.717) is 8.78 Å². The highest BCUT2D eigenvalue weighted by atomic mass is 79.9. The zero-order chi connectivity index (χ0) is 9.84. The number of halogens is 1. The van der Waals surface area contributed by atoms with Gasteiger partial charge in [0.15, 0.2) is 0 Å². The molecule has 1 amide bonds. The van der Waals surface area contributed by atoms with E-state index in [4.69, 9.17) is 0 Å². The molecule has 0 bridgehead atoms. The SMILES string of the molecule is O=[C]N(c1cccc(Br)c1)[SH](=O)=O. The van der Waals surface area contributed by atoms with Gasteiger partial charge in [0.25, 0.3) is 0 Å². The van der Waals surface area contributed by atoms with Gasteiger partial charge in [0.1, 0.15) is 0 Å². The van der Waals surface area contributed by atoms with E-state index in [0.717, 1.165) is 0 Å². The molecule has 1 rings (SSSR count). The van der Waals surface area contributed by atoms with Crippen molar-refractivity contribution in [2.24, 2.45) is 0 Å². The summed E-state index contributed by atoms with van der Waals surface area (Å²) < 4.78 is 22.3. The lowest BCUT2D eigenvalue weighted by molar-refractivity contribution is 0.555. The predicted molar refractivity (Wildman–Crippen MR) is 52.6 cm³/mol. The first-order chi connectivity index (χ1) is 6.15. The van der Waals surface area contributed by atoms with E-state index in [1.165, 1.54) is 18.5 Å². The van der Waals surface area contributed by atoms with E-state index in [1.54, 1.807) is 12.1 Å². The van der Waals surface area contributed by atoms with E-state index >= 15 is 0 Å². The van der Waals surface area contributed by atoms with Crippen LogP contribution in [0.3, 0.4) is 0 Å². The second-order valence-corrected chi connectivity index (χ2v) is 3.91. The molecule has 0 saturated heterocycles. The van der Waals surface area contributed by atoms with Gasteiger partial charge in [0.05, 0.1) is 5.69 Å². The van der Waals surface area contributed by atoms with Crippen molar-refractivity contribution >= 4 is 38.9 Å². The van der Waals surface area contributed by atoms with E-state index in [9.17, 15) is 13.2 Å². The zero-order valence-electron chi connectivity index (χ0n) is 6.31. The summed E-state index contributed by atoms with van der Waals surface area (Å²) in [6, 6.07) is 6.36. The van der Waals surface area contributed by atoms with Gasteiger partial charge in [0, 0.05) is 4.47 Å². The fourth-order valence-corrected chi connectivity index (χ4v) is 1.55. The summed E-state index contributed by atoms with van der Waals surface area (Å²) in [6.07, 6.45) is 1.31. The van der Waals surface area contributed by atoms with Crippen LogP contribution in [0.5, 0.6) is 0 Å². The van der Waals surface area contributed by atoms with Crippen LogP contribution in [0.4, 0.5) is 5.69 Å². The molecule has 0 aromatic heterocycles. The molecule has 0 N–H and O–H groups in total. The molecule has 0 spiro atoms. The third-order valence-corrected chi connectivity index (χ3v) is 2.43. The van der Waals surface area contributed by atoms with E-state index in [2.05, 4.69) is 15.9 Å². The number of hydrogen-bond donors (Lipinski definition) is 1. The first kappa shape index (κ1) is 10.2. The van der Waals surface area contributed by atoms with Crippen molar-refractivity contribution in [3.05, 3.63) is 28.7 Å². The summed E-state index contributed by atoms with van der Waals surface area (Å²) in [5, 5.41) is 0. The monoisotopic (exact) mass is 262 g/mol. The van der Waals surface area contributed by atoms with Gasteiger partial charge in [-0.3, -0.25) is 4.79 Å². The Morgan fingerprint density at radius 1 is 1.38 bits per heavy atom. The number of nitrogens with zero attached hydrogens (tertiary/aromatic N) is 1. The van der Waals surface area contributed by atoms with Crippen molar-refractivity contribution < 1.29 is 13.2 Å². The van der Waals surface area contributed by atoms with Crippen LogP contribution >= 0.6 is 15.9 Å². The molecule has 69 valence electrons. The highest BCUT2D eigenvalue weighted by Crippen LogP contribution is 2.18. The minimum Gasteiger partial charge on any atom is -0.262 e. The Balaban J connectivity index is 3.12. The number of benzene rings is 1. The maximum atomic E-state index is 10.5. The molecule has 0 unspecified atom stereocenters. The van der Waals surface area contributed by atoms with Gasteiger partial charge in [-0.2, -0.15) is 0 Å². The highest BCUT2D eigenvalue weighted by molar-refractivity contribution is 9.10. The third kappa shape index (κ3) is 2.53. The molecular formula is C7H5BrNO3S. The number of carbonyl (C=O) groups excluding carboxylic acids is 1. The lowest BCUT2D eigenvalue weighted by Gasteiger charge is -2.07. The van der Waals surface area contributed by atoms with Crippen molar-refractivity contribution in [2.45, 2.75) is 0 Å². The number of thiol groups is 1. The molecule has 1 radical (unpaired) electrons. The number of anilines is 1. The molecule has 0 saturated carbocycles. The molecule has 0 atom stereocenters. The second kappa shape index (κ2) is 4.38. The largest absolute Gasteiger partial charge is 0.331 e. The highest BCUT2D eigenvalue weighted by Gasteiger charge is 2.07. The van der Waals surface area contributed by atoms with E-state index < -0.39 is 10.9 Å². The smallest absolute Gasteiger partial charge is 0.262 e. The van der Waals surface area contributed by atoms with Crippen LogP contribution in [0, 0.1) is 0 Å². The first-order valence-corrected chi connectivity index (χ1v) is 5.15. The summed E-state index contributed by atoms with van der Waals surface area (Å²) in [7, 11) is -2.96. The molecule has 13 heavy (non-hydrogen) atoms. The van der Waals surface area contributed by atoms with Crippen molar-refractivity contribution in [1.82, 2.24) is 0 Å². The summed E-state index contributed by atoms with van der Waals surface area (Å²) >= 11 is 3.16. The Bertz CT molecular complexity index is 383. The maximum absolute atomic E-state index is 10.5. The van der Waals surface area contributed by atoms with Crippen molar-refractivity contribution in [2.75, 3.05) is 4.31 Å². The molecular weight excluding hydrogens is 258 g/mol. The van der Waals surface area contributed by atoms with Gasteiger partial charge in [-0.05, 0) is 18.2 Å². The van der Waals surface area contributed by atoms with Gasteiger partial charge in [-0.25, -0.2) is 12.7 Å². The molecule has 1 aromatic rings. The van der Waals surface area contributed by atoms with Gasteiger partial charge >= 0.3 is 6.41 Å². The first-order valence-electron chi connectivity index (χ1n) is 3.23. The summed E-state index contributed by atoms with van der Waals surface area (Å²) in [5.74, 6) is 0. The average Bonchev–Trinajstić information content (AvgIpc) is 2.04. The van der Waals surface area contributed by atoms with Crippen molar-refractivity contribution in [3.63, 3.8) is 0 Å². The van der Waals surface area contributed by atoms with Crippen LogP contribution in [0.1, 0.15) is 0 Å². The standard InChI is InChI=1S/C7H5BrNO3S/c8-6-2-1-3-7(4-6)9(5-10)13(11)12/h1-4,13H. The zero-order valence-corrected chi connectivity index (χ0v) is 8.79. The fourth-order valence-electron chi connectivity index (χ4n) is 0.788. The number of amides is 1. The molecule has 4 nitrogen and oxygen atoms in total. The van der Waals surface area contributed by atoms with Crippen LogP contribution < -0.4 is 4.31 Å². The number of rotatable bonds is 3. The van der Waals surface area contributed by atoms with E-state index in [1.807, 2.05) is 0 Å². The van der Waals surface area contributed by atoms with Crippen LogP contribution in [0.2, 0.25) is 0 Å². The van der Waals surface area contributed by atoms with Gasteiger partial charge < -0.3 is 0 Å². The minimum atomic E-state index is -2.96. The van der Waals surface area contributed by atoms with Gasteiger partial charge in [0.2, 0.25) is 10.9 Å². The second-order valence-electron chi connectivity index (χ2n) is 2.12. The maximum Gasteiger partial charge on any atom is 0.331 e. The molecule has 1 aromatic carbocycles. The lowest BCUT2D eigenvalue weighted by Crippen LogP contribution is -2.18. The minimum absolute atomic E-state index is 0.264. The molecule has 0 aliphatic heterocycles. The summed E-state index contributed by atoms with van der Waals surface area (Å²) in [5.41, 5.74) is 0.264. The van der Waals surface area contributed by atoms with Crippen LogP contribution in [0.25, 0.3) is 0 Å². The third-order valence-electron chi connectivity index (χ3n) is 1.30. The predicted octanol–water partition coefficient (Wildman–Crippen LogP) is 0.849. The van der Waals surface area contributed by atoms with Gasteiger partial charge in [-0.1, -0.05) is 22.0 Å². The molecule has 0 aliphatic rings. The Hall–Kier alpha value is -0.880. The normalized spacial score (nSPS) is 10.0.